The number of phenols is 1. The lowest BCUT2D eigenvalue weighted by atomic mass is 9.97. The van der Waals surface area contributed by atoms with Crippen LogP contribution in [0.3, 0.4) is 0 Å². The molecule has 0 spiro atoms. The number of hydrogen-bond donors (Lipinski definition) is 2. The van der Waals surface area contributed by atoms with Crippen LogP contribution in [0.15, 0.2) is 66.0 Å². The standard InChI is InChI=1S/C25H23ClFN5O2/c1-30-8-9-32(25(30)34)23-3-2-16(11-22(23)26)20-12-18(27)13-21(24(20)33)17-10-19(15-29-14-17)31-6-4-28-5-7-31/h2-3,8-15,28,33H,4-7H2,1H3. The largest absolute Gasteiger partial charge is 0.507 e. The number of anilines is 1. The van der Waals surface area contributed by atoms with Crippen LogP contribution in [0.5, 0.6) is 5.75 Å². The lowest BCUT2D eigenvalue weighted by Crippen LogP contribution is -2.43. The second-order valence-electron chi connectivity index (χ2n) is 8.25. The van der Waals surface area contributed by atoms with Gasteiger partial charge in [-0.1, -0.05) is 17.7 Å². The van der Waals surface area contributed by atoms with Gasteiger partial charge in [0.1, 0.15) is 11.6 Å². The van der Waals surface area contributed by atoms with Crippen molar-refractivity contribution in [3.05, 3.63) is 82.5 Å². The summed E-state index contributed by atoms with van der Waals surface area (Å²) in [6, 6.07) is 9.48. The van der Waals surface area contributed by atoms with Crippen molar-refractivity contribution < 1.29 is 9.50 Å². The Morgan fingerprint density at radius 2 is 1.76 bits per heavy atom. The average molecular weight is 480 g/mol. The summed E-state index contributed by atoms with van der Waals surface area (Å²) in [7, 11) is 1.65. The Morgan fingerprint density at radius 3 is 2.44 bits per heavy atom. The Labute approximate surface area is 200 Å². The van der Waals surface area contributed by atoms with Gasteiger partial charge >= 0.3 is 5.69 Å². The van der Waals surface area contributed by atoms with Gasteiger partial charge in [0.15, 0.2) is 0 Å². The molecule has 0 saturated carbocycles. The molecule has 0 unspecified atom stereocenters. The van der Waals surface area contributed by atoms with Gasteiger partial charge in [-0.15, -0.1) is 0 Å². The predicted molar refractivity (Wildman–Crippen MR) is 131 cm³/mol. The predicted octanol–water partition coefficient (Wildman–Crippen LogP) is 3.81. The first-order chi connectivity index (χ1) is 16.4. The van der Waals surface area contributed by atoms with Gasteiger partial charge < -0.3 is 19.9 Å². The topological polar surface area (TPSA) is 75.3 Å². The number of aryl methyl sites for hydroxylation is 1. The van der Waals surface area contributed by atoms with Crippen LogP contribution < -0.4 is 15.9 Å². The second kappa shape index (κ2) is 8.96. The third-order valence-corrected chi connectivity index (χ3v) is 6.36. The fraction of sp³-hybridized carbons (Fsp3) is 0.200. The van der Waals surface area contributed by atoms with E-state index in [1.165, 1.54) is 21.3 Å². The number of benzene rings is 2. The van der Waals surface area contributed by atoms with E-state index in [0.29, 0.717) is 33.0 Å². The SMILES string of the molecule is Cn1ccn(-c2ccc(-c3cc(F)cc(-c4cncc(N5CCNCC5)c4)c3O)cc2Cl)c1=O. The maximum atomic E-state index is 14.7. The Morgan fingerprint density at radius 1 is 1.03 bits per heavy atom. The molecule has 2 N–H and O–H groups in total. The molecule has 0 amide bonds. The van der Waals surface area contributed by atoms with E-state index in [2.05, 4.69) is 15.2 Å². The quantitative estimate of drug-likeness (QED) is 0.465. The molecule has 2 aromatic carbocycles. The van der Waals surface area contributed by atoms with Crippen LogP contribution in [-0.2, 0) is 7.05 Å². The van der Waals surface area contributed by atoms with Crippen molar-refractivity contribution in [1.29, 1.82) is 0 Å². The highest BCUT2D eigenvalue weighted by atomic mass is 35.5. The fourth-order valence-electron chi connectivity index (χ4n) is 4.23. The van der Waals surface area contributed by atoms with Crippen LogP contribution in [-0.4, -0.2) is 45.4 Å². The lowest BCUT2D eigenvalue weighted by molar-refractivity contribution is 0.477. The summed E-state index contributed by atoms with van der Waals surface area (Å²) in [5.74, 6) is -0.559. The van der Waals surface area contributed by atoms with E-state index < -0.39 is 5.82 Å². The molecule has 174 valence electrons. The minimum absolute atomic E-state index is 0.0682. The molecule has 3 heterocycles. The Kier molecular flexibility index (Phi) is 5.85. The molecule has 1 saturated heterocycles. The zero-order chi connectivity index (χ0) is 23.8. The summed E-state index contributed by atoms with van der Waals surface area (Å²) in [4.78, 5) is 18.8. The number of piperazine rings is 1. The van der Waals surface area contributed by atoms with Gasteiger partial charge in [-0.2, -0.15) is 0 Å². The molecule has 2 aromatic heterocycles. The van der Waals surface area contributed by atoms with Crippen molar-refractivity contribution in [1.82, 2.24) is 19.4 Å². The minimum Gasteiger partial charge on any atom is -0.507 e. The molecule has 34 heavy (non-hydrogen) atoms. The molecule has 1 aliphatic rings. The zero-order valence-electron chi connectivity index (χ0n) is 18.5. The highest BCUT2D eigenvalue weighted by Crippen LogP contribution is 2.40. The van der Waals surface area contributed by atoms with Crippen molar-refractivity contribution in [3.8, 4) is 33.7 Å². The number of pyridine rings is 1. The number of hydrogen-bond acceptors (Lipinski definition) is 5. The monoisotopic (exact) mass is 479 g/mol. The molecular weight excluding hydrogens is 457 g/mol. The molecule has 5 rings (SSSR count). The first-order valence-electron chi connectivity index (χ1n) is 10.9. The van der Waals surface area contributed by atoms with E-state index >= 15 is 0 Å². The second-order valence-corrected chi connectivity index (χ2v) is 8.65. The average Bonchev–Trinajstić information content (AvgIpc) is 3.18. The maximum absolute atomic E-state index is 14.7. The lowest BCUT2D eigenvalue weighted by Gasteiger charge is -2.29. The van der Waals surface area contributed by atoms with Gasteiger partial charge in [-0.05, 0) is 35.9 Å². The molecular formula is C25H23ClFN5O2. The van der Waals surface area contributed by atoms with Crippen LogP contribution in [0.1, 0.15) is 0 Å². The van der Waals surface area contributed by atoms with Crippen LogP contribution in [0.2, 0.25) is 5.02 Å². The molecule has 7 nitrogen and oxygen atoms in total. The van der Waals surface area contributed by atoms with Gasteiger partial charge in [-0.3, -0.25) is 9.55 Å². The normalized spacial score (nSPS) is 13.9. The number of rotatable bonds is 4. The van der Waals surface area contributed by atoms with Crippen molar-refractivity contribution in [2.24, 2.45) is 7.05 Å². The Hall–Kier alpha value is -3.62. The summed E-state index contributed by atoms with van der Waals surface area (Å²) in [6.07, 6.45) is 6.65. The summed E-state index contributed by atoms with van der Waals surface area (Å²) >= 11 is 6.49. The first kappa shape index (κ1) is 22.2. The number of aromatic nitrogens is 3. The van der Waals surface area contributed by atoms with Crippen LogP contribution in [0.25, 0.3) is 27.9 Å². The Bertz CT molecular complexity index is 1430. The minimum atomic E-state index is -0.491. The summed E-state index contributed by atoms with van der Waals surface area (Å²) < 4.78 is 17.6. The van der Waals surface area contributed by atoms with Gasteiger partial charge in [0.2, 0.25) is 0 Å². The zero-order valence-corrected chi connectivity index (χ0v) is 19.3. The molecule has 0 bridgehead atoms. The van der Waals surface area contributed by atoms with Gasteiger partial charge in [0, 0.05) is 68.5 Å². The molecule has 4 aromatic rings. The molecule has 0 atom stereocenters. The number of aromatic hydroxyl groups is 1. The van der Waals surface area contributed by atoms with E-state index in [0.717, 1.165) is 31.9 Å². The summed E-state index contributed by atoms with van der Waals surface area (Å²) in [6.45, 7) is 3.46. The number of imidazole rings is 1. The van der Waals surface area contributed by atoms with E-state index in [1.54, 1.807) is 50.0 Å². The number of nitrogens with zero attached hydrogens (tertiary/aromatic N) is 4. The van der Waals surface area contributed by atoms with Gasteiger partial charge in [-0.25, -0.2) is 9.18 Å². The molecule has 0 aliphatic carbocycles. The number of nitrogens with one attached hydrogen (secondary N) is 1. The first-order valence-corrected chi connectivity index (χ1v) is 11.3. The van der Waals surface area contributed by atoms with E-state index in [1.807, 2.05) is 6.07 Å². The number of phenolic OH excluding ortho intramolecular Hbond substituents is 1. The van der Waals surface area contributed by atoms with Crippen molar-refractivity contribution >= 4 is 17.3 Å². The fourth-order valence-corrected chi connectivity index (χ4v) is 4.50. The number of halogens is 2. The summed E-state index contributed by atoms with van der Waals surface area (Å²) in [5.41, 5.74) is 2.98. The Balaban J connectivity index is 1.55. The van der Waals surface area contributed by atoms with Crippen LogP contribution in [0.4, 0.5) is 10.1 Å². The van der Waals surface area contributed by atoms with E-state index in [4.69, 9.17) is 11.6 Å². The van der Waals surface area contributed by atoms with Gasteiger partial charge in [0.05, 0.1) is 22.6 Å². The molecule has 1 aliphatic heterocycles. The third kappa shape index (κ3) is 4.06. The molecule has 0 radical (unpaired) electrons. The molecule has 9 heteroatoms. The highest BCUT2D eigenvalue weighted by molar-refractivity contribution is 6.32. The maximum Gasteiger partial charge on any atom is 0.332 e. The van der Waals surface area contributed by atoms with Crippen molar-refractivity contribution in [2.45, 2.75) is 0 Å². The molecule has 1 fully saturated rings. The third-order valence-electron chi connectivity index (χ3n) is 6.06. The van der Waals surface area contributed by atoms with Crippen LogP contribution >= 0.6 is 11.6 Å². The highest BCUT2D eigenvalue weighted by Gasteiger charge is 2.18. The van der Waals surface area contributed by atoms with Crippen molar-refractivity contribution in [3.63, 3.8) is 0 Å². The van der Waals surface area contributed by atoms with E-state index in [9.17, 15) is 14.3 Å². The van der Waals surface area contributed by atoms with Crippen molar-refractivity contribution in [2.75, 3.05) is 31.1 Å². The van der Waals surface area contributed by atoms with Gasteiger partial charge in [0.25, 0.3) is 0 Å². The smallest absolute Gasteiger partial charge is 0.332 e. The van der Waals surface area contributed by atoms with Crippen LogP contribution in [0, 0.1) is 5.82 Å². The summed E-state index contributed by atoms with van der Waals surface area (Å²) in [5, 5.41) is 14.7. The van der Waals surface area contributed by atoms with E-state index in [-0.39, 0.29) is 11.4 Å².